The van der Waals surface area contributed by atoms with E-state index in [9.17, 15) is 4.79 Å². The Morgan fingerprint density at radius 3 is 2.29 bits per heavy atom. The molecule has 2 aromatic carbocycles. The number of ether oxygens (including phenoxy) is 2. The summed E-state index contributed by atoms with van der Waals surface area (Å²) >= 11 is 0. The van der Waals surface area contributed by atoms with Crippen molar-refractivity contribution >= 4 is 24.0 Å². The van der Waals surface area contributed by atoms with E-state index in [-0.39, 0.29) is 24.4 Å². The van der Waals surface area contributed by atoms with E-state index in [2.05, 4.69) is 17.0 Å². The van der Waals surface area contributed by atoms with E-state index in [1.807, 2.05) is 49.1 Å². The molecule has 1 amide bonds. The predicted molar refractivity (Wildman–Crippen MR) is 129 cm³/mol. The molecule has 3 rings (SSSR count). The number of amides is 1. The molecule has 2 aromatic rings. The Morgan fingerprint density at radius 1 is 1.06 bits per heavy atom. The van der Waals surface area contributed by atoms with Crippen LogP contribution in [-0.2, 0) is 11.2 Å². The van der Waals surface area contributed by atoms with Gasteiger partial charge in [0.1, 0.15) is 11.5 Å². The van der Waals surface area contributed by atoms with E-state index < -0.39 is 0 Å². The summed E-state index contributed by atoms with van der Waals surface area (Å²) < 4.78 is 11.1. The Kier molecular flexibility index (Phi) is 9.66. The number of hydrogen-bond donors (Lipinski definition) is 0. The van der Waals surface area contributed by atoms with Crippen molar-refractivity contribution in [2.24, 2.45) is 0 Å². The van der Waals surface area contributed by atoms with E-state index in [4.69, 9.17) is 9.47 Å². The molecule has 31 heavy (non-hydrogen) atoms. The van der Waals surface area contributed by atoms with Crippen LogP contribution in [0.25, 0.3) is 0 Å². The van der Waals surface area contributed by atoms with Crippen LogP contribution in [0, 0.1) is 6.92 Å². The molecule has 170 valence electrons. The Hall–Kier alpha value is -2.24. The lowest BCUT2D eigenvalue weighted by molar-refractivity contribution is -0.119. The van der Waals surface area contributed by atoms with E-state index in [0.29, 0.717) is 6.42 Å². The van der Waals surface area contributed by atoms with Gasteiger partial charge in [-0.15, -0.1) is 12.4 Å². The average Bonchev–Trinajstić information content (AvgIpc) is 2.79. The molecular weight excluding hydrogens is 412 g/mol. The summed E-state index contributed by atoms with van der Waals surface area (Å²) in [6, 6.07) is 14.5. The largest absolute Gasteiger partial charge is 0.496 e. The van der Waals surface area contributed by atoms with Crippen LogP contribution in [0.2, 0.25) is 0 Å². The summed E-state index contributed by atoms with van der Waals surface area (Å²) in [7, 11) is 3.43. The van der Waals surface area contributed by atoms with Crippen LogP contribution < -0.4 is 14.4 Å². The first kappa shape index (κ1) is 25.0. The molecule has 6 heteroatoms. The minimum atomic E-state index is 0. The maximum Gasteiger partial charge on any atom is 0.226 e. The first-order valence-corrected chi connectivity index (χ1v) is 10.9. The molecule has 0 aromatic heterocycles. The highest BCUT2D eigenvalue weighted by Gasteiger charge is 2.28. The lowest BCUT2D eigenvalue weighted by Crippen LogP contribution is -2.47. The maximum atomic E-state index is 12.6. The number of anilines is 1. The molecule has 1 aliphatic heterocycles. The van der Waals surface area contributed by atoms with Crippen molar-refractivity contribution < 1.29 is 14.3 Å². The van der Waals surface area contributed by atoms with Crippen LogP contribution >= 0.6 is 12.4 Å². The highest BCUT2D eigenvalue weighted by Crippen LogP contribution is 2.29. The lowest BCUT2D eigenvalue weighted by atomic mass is 10.0. The van der Waals surface area contributed by atoms with E-state index in [1.165, 1.54) is 5.56 Å². The summed E-state index contributed by atoms with van der Waals surface area (Å²) in [5.41, 5.74) is 3.27. The summed E-state index contributed by atoms with van der Waals surface area (Å²) in [5, 5.41) is 0. The first-order chi connectivity index (χ1) is 14.6. The van der Waals surface area contributed by atoms with Crippen LogP contribution in [0.3, 0.4) is 0 Å². The third kappa shape index (κ3) is 6.14. The Labute approximate surface area is 192 Å². The number of carbonyl (C=O) groups excluding carboxylic acids is 1. The van der Waals surface area contributed by atoms with E-state index in [1.54, 1.807) is 14.2 Å². The standard InChI is InChI=1S/C25H34N2O3.ClH/c1-5-25(28)27(21-9-7-6-8-10-21)22-12-15-26(16-13-22)14-11-20-18-23(29-3)19(2)17-24(20)30-4;/h6-10,17-18,22H,5,11-16H2,1-4H3;1H. The SMILES string of the molecule is CCC(=O)N(c1ccccc1)C1CCN(CCc2cc(OC)c(C)cc2OC)CC1.Cl. The maximum absolute atomic E-state index is 12.6. The van der Waals surface area contributed by atoms with Gasteiger partial charge in [0.25, 0.3) is 0 Å². The van der Waals surface area contributed by atoms with Gasteiger partial charge in [0, 0.05) is 37.8 Å². The van der Waals surface area contributed by atoms with Crippen molar-refractivity contribution in [1.82, 2.24) is 4.90 Å². The van der Waals surface area contributed by atoms with Gasteiger partial charge in [-0.3, -0.25) is 4.79 Å². The molecule has 1 saturated heterocycles. The highest BCUT2D eigenvalue weighted by atomic mass is 35.5. The van der Waals surface area contributed by atoms with Crippen LogP contribution in [0.15, 0.2) is 42.5 Å². The fraction of sp³-hybridized carbons (Fsp3) is 0.480. The van der Waals surface area contributed by atoms with Gasteiger partial charge in [-0.1, -0.05) is 25.1 Å². The number of hydrogen-bond acceptors (Lipinski definition) is 4. The summed E-state index contributed by atoms with van der Waals surface area (Å²) in [5.74, 6) is 2.03. The fourth-order valence-corrected chi connectivity index (χ4v) is 4.31. The highest BCUT2D eigenvalue weighted by molar-refractivity contribution is 5.93. The number of benzene rings is 2. The van der Waals surface area contributed by atoms with Gasteiger partial charge in [-0.2, -0.15) is 0 Å². The van der Waals surface area contributed by atoms with Crippen molar-refractivity contribution in [2.75, 3.05) is 38.8 Å². The first-order valence-electron chi connectivity index (χ1n) is 10.9. The quantitative estimate of drug-likeness (QED) is 0.579. The molecule has 0 saturated carbocycles. The normalized spacial score (nSPS) is 14.6. The van der Waals surface area contributed by atoms with Crippen molar-refractivity contribution in [1.29, 1.82) is 0 Å². The second-order valence-corrected chi connectivity index (χ2v) is 7.91. The number of piperidine rings is 1. The van der Waals surface area contributed by atoms with Crippen molar-refractivity contribution in [3.63, 3.8) is 0 Å². The van der Waals surface area contributed by atoms with Crippen molar-refractivity contribution in [2.45, 2.75) is 45.6 Å². The van der Waals surface area contributed by atoms with Gasteiger partial charge >= 0.3 is 0 Å². The molecule has 0 radical (unpaired) electrons. The number of nitrogens with zero attached hydrogens (tertiary/aromatic N) is 2. The number of likely N-dealkylation sites (tertiary alicyclic amines) is 1. The smallest absolute Gasteiger partial charge is 0.226 e. The molecule has 1 aliphatic rings. The fourth-order valence-electron chi connectivity index (χ4n) is 4.31. The molecule has 5 nitrogen and oxygen atoms in total. The molecule has 0 bridgehead atoms. The van der Waals surface area contributed by atoms with Crippen LogP contribution in [-0.4, -0.2) is 50.7 Å². The monoisotopic (exact) mass is 446 g/mol. The van der Waals surface area contributed by atoms with Crippen molar-refractivity contribution in [3.05, 3.63) is 53.6 Å². The van der Waals surface area contributed by atoms with Gasteiger partial charge in [-0.05, 0) is 61.6 Å². The van der Waals surface area contributed by atoms with Gasteiger partial charge in [0.2, 0.25) is 5.91 Å². The summed E-state index contributed by atoms with van der Waals surface area (Å²) in [6.45, 7) is 6.94. The molecule has 0 N–H and O–H groups in total. The topological polar surface area (TPSA) is 42.0 Å². The molecule has 1 fully saturated rings. The van der Waals surface area contributed by atoms with Crippen LogP contribution in [0.4, 0.5) is 5.69 Å². The molecule has 0 aliphatic carbocycles. The van der Waals surface area contributed by atoms with Crippen LogP contribution in [0.5, 0.6) is 11.5 Å². The zero-order valence-corrected chi connectivity index (χ0v) is 19.9. The Morgan fingerprint density at radius 2 is 1.71 bits per heavy atom. The minimum absolute atomic E-state index is 0. The Balaban J connectivity index is 0.00000341. The van der Waals surface area contributed by atoms with Gasteiger partial charge < -0.3 is 19.3 Å². The zero-order valence-electron chi connectivity index (χ0n) is 19.1. The number of carbonyl (C=O) groups is 1. The average molecular weight is 447 g/mol. The molecule has 0 unspecified atom stereocenters. The second-order valence-electron chi connectivity index (χ2n) is 7.91. The number of halogens is 1. The van der Waals surface area contributed by atoms with E-state index >= 15 is 0 Å². The zero-order chi connectivity index (χ0) is 21.5. The minimum Gasteiger partial charge on any atom is -0.496 e. The summed E-state index contributed by atoms with van der Waals surface area (Å²) in [6.07, 6.45) is 3.44. The van der Waals surface area contributed by atoms with Gasteiger partial charge in [0.05, 0.1) is 14.2 Å². The summed E-state index contributed by atoms with van der Waals surface area (Å²) in [4.78, 5) is 17.2. The third-order valence-electron chi connectivity index (χ3n) is 6.02. The number of methoxy groups -OCH3 is 2. The predicted octanol–water partition coefficient (Wildman–Crippen LogP) is 4.88. The van der Waals surface area contributed by atoms with Gasteiger partial charge in [-0.25, -0.2) is 0 Å². The number of rotatable bonds is 8. The Bertz CT molecular complexity index is 836. The van der Waals surface area contributed by atoms with Crippen molar-refractivity contribution in [3.8, 4) is 11.5 Å². The molecule has 0 spiro atoms. The second kappa shape index (κ2) is 12.0. The number of para-hydroxylation sites is 1. The third-order valence-corrected chi connectivity index (χ3v) is 6.02. The molecule has 1 heterocycles. The van der Waals surface area contributed by atoms with E-state index in [0.717, 1.165) is 61.6 Å². The molecular formula is C25H35ClN2O3. The van der Waals surface area contributed by atoms with Crippen LogP contribution in [0.1, 0.15) is 37.3 Å². The molecule has 0 atom stereocenters. The lowest BCUT2D eigenvalue weighted by Gasteiger charge is -2.38. The van der Waals surface area contributed by atoms with Gasteiger partial charge in [0.15, 0.2) is 0 Å². The number of aryl methyl sites for hydroxylation is 1.